The van der Waals surface area contributed by atoms with Gasteiger partial charge in [0.25, 0.3) is 0 Å². The van der Waals surface area contributed by atoms with Crippen LogP contribution in [0.2, 0.25) is 0 Å². The van der Waals surface area contributed by atoms with Gasteiger partial charge in [-0.05, 0) is 25.3 Å². The van der Waals surface area contributed by atoms with Gasteiger partial charge in [-0.2, -0.15) is 0 Å². The molecular formula is C13H19NO3. The van der Waals surface area contributed by atoms with Crippen molar-refractivity contribution in [3.05, 3.63) is 23.8 Å². The van der Waals surface area contributed by atoms with Gasteiger partial charge >= 0.3 is 0 Å². The Morgan fingerprint density at radius 2 is 2.12 bits per heavy atom. The lowest BCUT2D eigenvalue weighted by Gasteiger charge is -2.40. The molecule has 4 nitrogen and oxygen atoms in total. The lowest BCUT2D eigenvalue weighted by Crippen LogP contribution is -2.47. The summed E-state index contributed by atoms with van der Waals surface area (Å²) in [5.74, 6) is -0.116. The molecule has 0 bridgehead atoms. The van der Waals surface area contributed by atoms with Crippen LogP contribution in [0.3, 0.4) is 0 Å². The third kappa shape index (κ3) is 2.53. The van der Waals surface area contributed by atoms with Crippen LogP contribution in [0.4, 0.5) is 0 Å². The van der Waals surface area contributed by atoms with E-state index < -0.39 is 0 Å². The highest BCUT2D eigenvalue weighted by molar-refractivity contribution is 5.44. The molecule has 0 atom stereocenters. The number of benzene rings is 1. The van der Waals surface area contributed by atoms with E-state index in [0.717, 1.165) is 19.4 Å². The maximum absolute atomic E-state index is 9.63. The van der Waals surface area contributed by atoms with E-state index in [-0.39, 0.29) is 17.1 Å². The quantitative estimate of drug-likeness (QED) is 0.683. The van der Waals surface area contributed by atoms with E-state index >= 15 is 0 Å². The van der Waals surface area contributed by atoms with Crippen LogP contribution in [0.25, 0.3) is 0 Å². The van der Waals surface area contributed by atoms with Gasteiger partial charge < -0.3 is 20.3 Å². The molecule has 0 radical (unpaired) electrons. The molecule has 0 spiro atoms. The summed E-state index contributed by atoms with van der Waals surface area (Å²) in [5, 5.41) is 22.3. The van der Waals surface area contributed by atoms with E-state index in [0.29, 0.717) is 12.1 Å². The molecule has 1 saturated carbocycles. The molecule has 0 amide bonds. The Labute approximate surface area is 101 Å². The maximum atomic E-state index is 9.63. The molecule has 3 N–H and O–H groups in total. The minimum Gasteiger partial charge on any atom is -0.504 e. The van der Waals surface area contributed by atoms with E-state index in [1.54, 1.807) is 19.2 Å². The zero-order chi connectivity index (χ0) is 12.3. The second-order valence-corrected chi connectivity index (χ2v) is 4.63. The molecule has 1 aromatic rings. The number of rotatable bonds is 5. The van der Waals surface area contributed by atoms with Gasteiger partial charge in [-0.25, -0.2) is 0 Å². The second-order valence-electron chi connectivity index (χ2n) is 4.63. The van der Waals surface area contributed by atoms with Gasteiger partial charge in [-0.15, -0.1) is 0 Å². The first-order valence-electron chi connectivity index (χ1n) is 5.92. The van der Waals surface area contributed by atoms with E-state index in [9.17, 15) is 10.2 Å². The topological polar surface area (TPSA) is 61.7 Å². The number of hydrogen-bond donors (Lipinski definition) is 3. The fraction of sp³-hybridized carbons (Fsp3) is 0.538. The van der Waals surface area contributed by atoms with Crippen molar-refractivity contribution in [2.45, 2.75) is 31.4 Å². The van der Waals surface area contributed by atoms with E-state index in [4.69, 9.17) is 4.74 Å². The van der Waals surface area contributed by atoms with Crippen LogP contribution in [0.1, 0.15) is 24.8 Å². The van der Waals surface area contributed by atoms with Crippen molar-refractivity contribution in [3.8, 4) is 11.5 Å². The average Bonchev–Trinajstić information content (AvgIpc) is 2.28. The largest absolute Gasteiger partial charge is 0.504 e. The van der Waals surface area contributed by atoms with E-state index in [1.807, 2.05) is 0 Å². The summed E-state index contributed by atoms with van der Waals surface area (Å²) in [5.41, 5.74) is 0.683. The minimum atomic E-state index is -0.0746. The third-order valence-corrected chi connectivity index (χ3v) is 3.56. The standard InChI is InChI=1S/C13H19NO3/c1-17-13(6-3-7-13)9-14-8-10-4-2-5-11(15)12(10)16/h2,4-5,14-16H,3,6-9H2,1H3. The fourth-order valence-electron chi connectivity index (χ4n) is 2.17. The summed E-state index contributed by atoms with van der Waals surface area (Å²) in [6, 6.07) is 4.99. The SMILES string of the molecule is COC1(CNCc2cccc(O)c2O)CCC1. The zero-order valence-corrected chi connectivity index (χ0v) is 10.1. The number of ether oxygens (including phenoxy) is 1. The van der Waals surface area contributed by atoms with Crippen LogP contribution < -0.4 is 5.32 Å². The Balaban J connectivity index is 1.88. The molecule has 1 aliphatic carbocycles. The van der Waals surface area contributed by atoms with Gasteiger partial charge in [-0.1, -0.05) is 12.1 Å². The highest BCUT2D eigenvalue weighted by atomic mass is 16.5. The van der Waals surface area contributed by atoms with Gasteiger partial charge in [0.05, 0.1) is 5.60 Å². The third-order valence-electron chi connectivity index (χ3n) is 3.56. The highest BCUT2D eigenvalue weighted by Crippen LogP contribution is 2.34. The predicted octanol–water partition coefficient (Wildman–Crippen LogP) is 1.76. The Morgan fingerprint density at radius 3 is 2.71 bits per heavy atom. The van der Waals surface area contributed by atoms with Gasteiger partial charge in [0.1, 0.15) is 0 Å². The first-order chi connectivity index (χ1) is 8.17. The first kappa shape index (κ1) is 12.2. The summed E-state index contributed by atoms with van der Waals surface area (Å²) < 4.78 is 5.49. The summed E-state index contributed by atoms with van der Waals surface area (Å²) in [7, 11) is 1.74. The molecule has 0 unspecified atom stereocenters. The fourth-order valence-corrected chi connectivity index (χ4v) is 2.17. The Morgan fingerprint density at radius 1 is 1.35 bits per heavy atom. The molecule has 4 heteroatoms. The van der Waals surface area contributed by atoms with Crippen molar-refractivity contribution in [1.29, 1.82) is 0 Å². The van der Waals surface area contributed by atoms with Crippen LogP contribution in [0, 0.1) is 0 Å². The number of methoxy groups -OCH3 is 1. The van der Waals surface area contributed by atoms with Crippen molar-refractivity contribution < 1.29 is 14.9 Å². The van der Waals surface area contributed by atoms with Gasteiger partial charge in [0, 0.05) is 25.8 Å². The molecule has 0 aromatic heterocycles. The van der Waals surface area contributed by atoms with Gasteiger partial charge in [0.15, 0.2) is 11.5 Å². The smallest absolute Gasteiger partial charge is 0.161 e. The van der Waals surface area contributed by atoms with Crippen molar-refractivity contribution in [2.75, 3.05) is 13.7 Å². The van der Waals surface area contributed by atoms with Crippen LogP contribution in [0.15, 0.2) is 18.2 Å². The monoisotopic (exact) mass is 237 g/mol. The van der Waals surface area contributed by atoms with Gasteiger partial charge in [-0.3, -0.25) is 0 Å². The van der Waals surface area contributed by atoms with Crippen LogP contribution in [0.5, 0.6) is 11.5 Å². The average molecular weight is 237 g/mol. The summed E-state index contributed by atoms with van der Waals surface area (Å²) >= 11 is 0. The molecule has 0 saturated heterocycles. The highest BCUT2D eigenvalue weighted by Gasteiger charge is 2.36. The Hall–Kier alpha value is -1.26. The van der Waals surface area contributed by atoms with Crippen molar-refractivity contribution in [1.82, 2.24) is 5.32 Å². The lowest BCUT2D eigenvalue weighted by molar-refractivity contribution is -0.0695. The van der Waals surface area contributed by atoms with E-state index in [1.165, 1.54) is 12.5 Å². The van der Waals surface area contributed by atoms with Crippen molar-refractivity contribution in [3.63, 3.8) is 0 Å². The van der Waals surface area contributed by atoms with Crippen molar-refractivity contribution >= 4 is 0 Å². The summed E-state index contributed by atoms with van der Waals surface area (Å²) in [6.45, 7) is 1.31. The molecule has 94 valence electrons. The summed E-state index contributed by atoms with van der Waals surface area (Å²) in [6.07, 6.45) is 3.39. The Kier molecular flexibility index (Phi) is 3.54. The molecular weight excluding hydrogens is 218 g/mol. The maximum Gasteiger partial charge on any atom is 0.161 e. The molecule has 0 aliphatic heterocycles. The number of phenolic OH excluding ortho intramolecular Hbond substituents is 2. The second kappa shape index (κ2) is 4.94. The molecule has 1 aliphatic rings. The zero-order valence-electron chi connectivity index (χ0n) is 10.1. The number of para-hydroxylation sites is 1. The van der Waals surface area contributed by atoms with Gasteiger partial charge in [0.2, 0.25) is 0 Å². The van der Waals surface area contributed by atoms with Crippen molar-refractivity contribution in [2.24, 2.45) is 0 Å². The molecule has 1 aromatic carbocycles. The molecule has 0 heterocycles. The Bertz CT molecular complexity index is 383. The summed E-state index contributed by atoms with van der Waals surface area (Å²) in [4.78, 5) is 0. The number of hydrogen-bond acceptors (Lipinski definition) is 4. The molecule has 1 fully saturated rings. The number of phenols is 2. The number of aromatic hydroxyl groups is 2. The van der Waals surface area contributed by atoms with Crippen LogP contribution >= 0.6 is 0 Å². The number of nitrogens with one attached hydrogen (secondary N) is 1. The minimum absolute atomic E-state index is 0.0214. The molecule has 17 heavy (non-hydrogen) atoms. The van der Waals surface area contributed by atoms with E-state index in [2.05, 4.69) is 5.32 Å². The predicted molar refractivity (Wildman–Crippen MR) is 65.1 cm³/mol. The van der Waals surface area contributed by atoms with Crippen LogP contribution in [-0.2, 0) is 11.3 Å². The lowest BCUT2D eigenvalue weighted by atomic mass is 9.80. The normalized spacial score (nSPS) is 17.7. The first-order valence-corrected chi connectivity index (χ1v) is 5.92. The molecule has 2 rings (SSSR count). The van der Waals surface area contributed by atoms with Crippen LogP contribution in [-0.4, -0.2) is 29.5 Å².